The number of carbonyl (C=O) groups excluding carboxylic acids is 1. The van der Waals surface area contributed by atoms with Crippen LogP contribution in [-0.2, 0) is 0 Å². The first-order valence-electron chi connectivity index (χ1n) is 7.69. The monoisotopic (exact) mass is 318 g/mol. The Morgan fingerprint density at radius 2 is 1.79 bits per heavy atom. The number of aromatic nitrogens is 1. The first-order valence-corrected chi connectivity index (χ1v) is 7.69. The molecule has 4 heteroatoms. The minimum Gasteiger partial charge on any atom is -0.439 e. The summed E-state index contributed by atoms with van der Waals surface area (Å²) in [5.41, 5.74) is 3.36. The molecule has 0 radical (unpaired) electrons. The number of carbonyl (C=O) groups is 1. The van der Waals surface area contributed by atoms with Gasteiger partial charge in [0.15, 0.2) is 0 Å². The number of benzene rings is 2. The standard InChI is InChI=1S/C20H18N2O2/c1-14-8-10-18(15(2)12-14)20(23)22-16-9-11-19(21-13-16)24-17-6-4-3-5-7-17/h3-13H,1-2H3,(H,22,23). The summed E-state index contributed by atoms with van der Waals surface area (Å²) in [6.45, 7) is 3.93. The average Bonchev–Trinajstić information content (AvgIpc) is 2.57. The number of pyridine rings is 1. The maximum atomic E-state index is 12.4. The lowest BCUT2D eigenvalue weighted by Crippen LogP contribution is -2.13. The van der Waals surface area contributed by atoms with E-state index in [0.717, 1.165) is 16.9 Å². The third-order valence-electron chi connectivity index (χ3n) is 3.59. The summed E-state index contributed by atoms with van der Waals surface area (Å²) >= 11 is 0. The molecule has 1 heterocycles. The van der Waals surface area contributed by atoms with E-state index in [0.29, 0.717) is 17.1 Å². The Hall–Kier alpha value is -3.14. The molecule has 0 aliphatic heterocycles. The highest BCUT2D eigenvalue weighted by molar-refractivity contribution is 6.05. The van der Waals surface area contributed by atoms with Crippen LogP contribution in [0.3, 0.4) is 0 Å². The molecule has 1 N–H and O–H groups in total. The van der Waals surface area contributed by atoms with Crippen molar-refractivity contribution in [1.29, 1.82) is 0 Å². The summed E-state index contributed by atoms with van der Waals surface area (Å²) in [7, 11) is 0. The number of anilines is 1. The number of nitrogens with one attached hydrogen (secondary N) is 1. The molecular formula is C20H18N2O2. The molecule has 0 fully saturated rings. The van der Waals surface area contributed by atoms with Crippen molar-refractivity contribution in [2.45, 2.75) is 13.8 Å². The highest BCUT2D eigenvalue weighted by Gasteiger charge is 2.09. The molecule has 0 aliphatic carbocycles. The van der Waals surface area contributed by atoms with Gasteiger partial charge in [-0.2, -0.15) is 0 Å². The second kappa shape index (κ2) is 6.96. The van der Waals surface area contributed by atoms with Crippen LogP contribution in [0.15, 0.2) is 66.9 Å². The van der Waals surface area contributed by atoms with Gasteiger partial charge in [-0.05, 0) is 43.7 Å². The van der Waals surface area contributed by atoms with Crippen LogP contribution in [0.1, 0.15) is 21.5 Å². The lowest BCUT2D eigenvalue weighted by molar-refractivity contribution is 0.102. The molecular weight excluding hydrogens is 300 g/mol. The van der Waals surface area contributed by atoms with E-state index in [2.05, 4.69) is 10.3 Å². The summed E-state index contributed by atoms with van der Waals surface area (Å²) in [5, 5.41) is 2.85. The van der Waals surface area contributed by atoms with Gasteiger partial charge in [0.2, 0.25) is 5.88 Å². The van der Waals surface area contributed by atoms with E-state index in [1.54, 1.807) is 18.3 Å². The van der Waals surface area contributed by atoms with Gasteiger partial charge in [-0.25, -0.2) is 4.98 Å². The zero-order chi connectivity index (χ0) is 16.9. The van der Waals surface area contributed by atoms with Crippen molar-refractivity contribution in [3.05, 3.63) is 83.6 Å². The number of para-hydroxylation sites is 1. The number of amides is 1. The van der Waals surface area contributed by atoms with Crippen LogP contribution >= 0.6 is 0 Å². The van der Waals surface area contributed by atoms with E-state index in [9.17, 15) is 4.79 Å². The third kappa shape index (κ3) is 3.79. The van der Waals surface area contributed by atoms with Gasteiger partial charge in [0.1, 0.15) is 5.75 Å². The summed E-state index contributed by atoms with van der Waals surface area (Å²) in [5.74, 6) is 1.05. The van der Waals surface area contributed by atoms with Crippen LogP contribution in [-0.4, -0.2) is 10.9 Å². The van der Waals surface area contributed by atoms with Gasteiger partial charge in [-0.3, -0.25) is 4.79 Å². The van der Waals surface area contributed by atoms with Gasteiger partial charge in [0.25, 0.3) is 5.91 Å². The van der Waals surface area contributed by atoms with Crippen molar-refractivity contribution in [3.8, 4) is 11.6 Å². The zero-order valence-corrected chi connectivity index (χ0v) is 13.6. The molecule has 4 nitrogen and oxygen atoms in total. The second-order valence-corrected chi connectivity index (χ2v) is 5.57. The van der Waals surface area contributed by atoms with Gasteiger partial charge in [-0.1, -0.05) is 35.9 Å². The summed E-state index contributed by atoms with van der Waals surface area (Å²) < 4.78 is 5.63. The third-order valence-corrected chi connectivity index (χ3v) is 3.59. The zero-order valence-electron chi connectivity index (χ0n) is 13.6. The Labute approximate surface area is 141 Å². The van der Waals surface area contributed by atoms with Crippen molar-refractivity contribution >= 4 is 11.6 Å². The predicted octanol–water partition coefficient (Wildman–Crippen LogP) is 4.74. The summed E-state index contributed by atoms with van der Waals surface area (Å²) in [6.07, 6.45) is 1.58. The molecule has 3 aromatic rings. The van der Waals surface area contributed by atoms with Crippen LogP contribution in [0.4, 0.5) is 5.69 Å². The smallest absolute Gasteiger partial charge is 0.255 e. The number of hydrogen-bond acceptors (Lipinski definition) is 3. The quantitative estimate of drug-likeness (QED) is 0.755. The van der Waals surface area contributed by atoms with Crippen LogP contribution in [0.5, 0.6) is 11.6 Å². The molecule has 3 rings (SSSR count). The van der Waals surface area contributed by atoms with Gasteiger partial charge in [-0.15, -0.1) is 0 Å². The fourth-order valence-corrected chi connectivity index (χ4v) is 2.39. The molecule has 1 aromatic heterocycles. The minimum atomic E-state index is -0.147. The Morgan fingerprint density at radius 1 is 1.00 bits per heavy atom. The minimum absolute atomic E-state index is 0.147. The van der Waals surface area contributed by atoms with Crippen molar-refractivity contribution < 1.29 is 9.53 Å². The lowest BCUT2D eigenvalue weighted by Gasteiger charge is -2.09. The first-order chi connectivity index (χ1) is 11.6. The number of aryl methyl sites for hydroxylation is 2. The molecule has 120 valence electrons. The van der Waals surface area contributed by atoms with E-state index in [4.69, 9.17) is 4.74 Å². The van der Waals surface area contributed by atoms with Crippen molar-refractivity contribution in [1.82, 2.24) is 4.98 Å². The maximum absolute atomic E-state index is 12.4. The Bertz CT molecular complexity index is 843. The van der Waals surface area contributed by atoms with Crippen molar-refractivity contribution in [2.24, 2.45) is 0 Å². The normalized spacial score (nSPS) is 10.2. The fraction of sp³-hybridized carbons (Fsp3) is 0.100. The van der Waals surface area contributed by atoms with Gasteiger partial charge < -0.3 is 10.1 Å². The van der Waals surface area contributed by atoms with Crippen LogP contribution in [0, 0.1) is 13.8 Å². The summed E-state index contributed by atoms with van der Waals surface area (Å²) in [6, 6.07) is 18.7. The highest BCUT2D eigenvalue weighted by Crippen LogP contribution is 2.20. The average molecular weight is 318 g/mol. The van der Waals surface area contributed by atoms with E-state index < -0.39 is 0 Å². The maximum Gasteiger partial charge on any atom is 0.255 e. The molecule has 0 aliphatic rings. The molecule has 0 saturated carbocycles. The van der Waals surface area contributed by atoms with Crippen LogP contribution in [0.25, 0.3) is 0 Å². The topological polar surface area (TPSA) is 51.2 Å². The van der Waals surface area contributed by atoms with Gasteiger partial charge in [0.05, 0.1) is 11.9 Å². The highest BCUT2D eigenvalue weighted by atomic mass is 16.5. The van der Waals surface area contributed by atoms with E-state index in [-0.39, 0.29) is 5.91 Å². The SMILES string of the molecule is Cc1ccc(C(=O)Nc2ccc(Oc3ccccc3)nc2)c(C)c1. The first kappa shape index (κ1) is 15.7. The number of nitrogens with zero attached hydrogens (tertiary/aromatic N) is 1. The van der Waals surface area contributed by atoms with E-state index >= 15 is 0 Å². The number of ether oxygens (including phenoxy) is 1. The molecule has 24 heavy (non-hydrogen) atoms. The van der Waals surface area contributed by atoms with Crippen LogP contribution in [0.2, 0.25) is 0 Å². The number of hydrogen-bond donors (Lipinski definition) is 1. The Balaban J connectivity index is 1.68. The summed E-state index contributed by atoms with van der Waals surface area (Å²) in [4.78, 5) is 16.6. The molecule has 0 bridgehead atoms. The fourth-order valence-electron chi connectivity index (χ4n) is 2.39. The largest absolute Gasteiger partial charge is 0.439 e. The van der Waals surface area contributed by atoms with Crippen LogP contribution < -0.4 is 10.1 Å². The lowest BCUT2D eigenvalue weighted by atomic mass is 10.1. The van der Waals surface area contributed by atoms with Crippen molar-refractivity contribution in [2.75, 3.05) is 5.32 Å². The number of rotatable bonds is 4. The Morgan fingerprint density at radius 3 is 2.46 bits per heavy atom. The predicted molar refractivity (Wildman–Crippen MR) is 94.6 cm³/mol. The molecule has 2 aromatic carbocycles. The molecule has 0 atom stereocenters. The Kier molecular flexibility index (Phi) is 4.57. The van der Waals surface area contributed by atoms with E-state index in [1.165, 1.54) is 0 Å². The molecule has 0 unspecified atom stereocenters. The van der Waals surface area contributed by atoms with Crippen molar-refractivity contribution in [3.63, 3.8) is 0 Å². The van der Waals surface area contributed by atoms with Gasteiger partial charge >= 0.3 is 0 Å². The molecule has 0 saturated heterocycles. The molecule has 0 spiro atoms. The van der Waals surface area contributed by atoms with Gasteiger partial charge in [0, 0.05) is 11.6 Å². The molecule has 1 amide bonds. The second-order valence-electron chi connectivity index (χ2n) is 5.57. The van der Waals surface area contributed by atoms with E-state index in [1.807, 2.05) is 62.4 Å².